The van der Waals surface area contributed by atoms with Crippen LogP contribution in [0.3, 0.4) is 0 Å². The lowest BCUT2D eigenvalue weighted by Crippen LogP contribution is -2.25. The first-order valence-electron chi connectivity index (χ1n) is 6.34. The van der Waals surface area contributed by atoms with E-state index in [0.717, 1.165) is 11.4 Å². The van der Waals surface area contributed by atoms with Crippen LogP contribution in [0, 0.1) is 6.92 Å². The molecule has 2 atom stereocenters. The summed E-state index contributed by atoms with van der Waals surface area (Å²) in [7, 11) is 0. The molecule has 0 saturated heterocycles. The molecule has 0 aliphatic heterocycles. The third-order valence-electron chi connectivity index (χ3n) is 2.96. The number of rotatable bonds is 5. The van der Waals surface area contributed by atoms with E-state index in [9.17, 15) is 0 Å². The van der Waals surface area contributed by atoms with E-state index in [1.165, 1.54) is 14.6 Å². The zero-order valence-corrected chi connectivity index (χ0v) is 13.5. The van der Waals surface area contributed by atoms with E-state index in [-0.39, 0.29) is 6.04 Å². The average Bonchev–Trinajstić information content (AvgIpc) is 2.81. The molecule has 1 aromatic heterocycles. The summed E-state index contributed by atoms with van der Waals surface area (Å²) in [6, 6.07) is 12.5. The van der Waals surface area contributed by atoms with Gasteiger partial charge in [-0.2, -0.15) is 0 Å². The molecule has 1 nitrogen and oxygen atoms in total. The van der Waals surface area contributed by atoms with Crippen LogP contribution >= 0.6 is 34.7 Å². The van der Waals surface area contributed by atoms with E-state index < -0.39 is 0 Å². The molecule has 0 bridgehead atoms. The predicted molar refractivity (Wildman–Crippen MR) is 87.4 cm³/mol. The fourth-order valence-corrected chi connectivity index (χ4v) is 4.55. The minimum absolute atomic E-state index is 0.155. The second-order valence-electron chi connectivity index (χ2n) is 4.52. The number of aryl methyl sites for hydroxylation is 1. The summed E-state index contributed by atoms with van der Waals surface area (Å²) in [6.45, 7) is 4.27. The first-order chi connectivity index (χ1) is 9.10. The van der Waals surface area contributed by atoms with Crippen molar-refractivity contribution in [2.24, 2.45) is 5.73 Å². The molecule has 2 N–H and O–H groups in total. The molecular formula is C15H18ClNS2. The summed E-state index contributed by atoms with van der Waals surface area (Å²) in [6.07, 6.45) is 0.967. The van der Waals surface area contributed by atoms with E-state index in [0.29, 0.717) is 5.25 Å². The van der Waals surface area contributed by atoms with Crippen molar-refractivity contribution >= 4 is 34.7 Å². The Kier molecular flexibility index (Phi) is 5.34. The van der Waals surface area contributed by atoms with Gasteiger partial charge >= 0.3 is 0 Å². The van der Waals surface area contributed by atoms with Crippen LogP contribution in [0.5, 0.6) is 0 Å². The minimum atomic E-state index is 0.155. The van der Waals surface area contributed by atoms with Crippen molar-refractivity contribution in [2.45, 2.75) is 36.5 Å². The smallest absolute Gasteiger partial charge is 0.0589 e. The van der Waals surface area contributed by atoms with E-state index >= 15 is 0 Å². The highest BCUT2D eigenvalue weighted by molar-refractivity contribution is 7.99. The van der Waals surface area contributed by atoms with Crippen LogP contribution in [-0.4, -0.2) is 6.04 Å². The number of thiophene rings is 1. The van der Waals surface area contributed by atoms with Gasteiger partial charge in [0.15, 0.2) is 0 Å². The number of benzene rings is 1. The molecule has 0 spiro atoms. The maximum absolute atomic E-state index is 6.30. The maximum atomic E-state index is 6.30. The lowest BCUT2D eigenvalue weighted by Gasteiger charge is -2.21. The van der Waals surface area contributed by atoms with Crippen LogP contribution in [0.2, 0.25) is 5.02 Å². The Morgan fingerprint density at radius 2 is 2.11 bits per heavy atom. The van der Waals surface area contributed by atoms with E-state index in [2.05, 4.69) is 32.0 Å². The topological polar surface area (TPSA) is 26.0 Å². The van der Waals surface area contributed by atoms with Gasteiger partial charge in [0, 0.05) is 25.7 Å². The maximum Gasteiger partial charge on any atom is 0.0589 e. The Bertz CT molecular complexity index is 538. The van der Waals surface area contributed by atoms with Crippen LogP contribution < -0.4 is 5.73 Å². The molecule has 2 unspecified atom stereocenters. The first-order valence-corrected chi connectivity index (χ1v) is 8.41. The Morgan fingerprint density at radius 3 is 2.68 bits per heavy atom. The van der Waals surface area contributed by atoms with Crippen molar-refractivity contribution in [3.63, 3.8) is 0 Å². The predicted octanol–water partition coefficient (Wildman–Crippen LogP) is 5.28. The molecule has 1 heterocycles. The van der Waals surface area contributed by atoms with Gasteiger partial charge in [-0.05, 0) is 43.7 Å². The SMILES string of the molecule is CCC(N)C(Sc1cccc(Cl)c1)c1ccc(C)s1. The van der Waals surface area contributed by atoms with Gasteiger partial charge in [-0.3, -0.25) is 0 Å². The Balaban J connectivity index is 2.24. The van der Waals surface area contributed by atoms with Gasteiger partial charge in [0.1, 0.15) is 0 Å². The lowest BCUT2D eigenvalue weighted by atomic mass is 10.1. The number of thioether (sulfide) groups is 1. The monoisotopic (exact) mass is 311 g/mol. The standard InChI is InChI=1S/C15H18ClNS2/c1-3-13(17)15(14-8-7-10(2)18-14)19-12-6-4-5-11(16)9-12/h4-9,13,15H,3,17H2,1-2H3. The summed E-state index contributed by atoms with van der Waals surface area (Å²) in [4.78, 5) is 3.85. The van der Waals surface area contributed by atoms with Gasteiger partial charge in [0.05, 0.1) is 5.25 Å². The molecule has 1 aromatic carbocycles. The van der Waals surface area contributed by atoms with Crippen molar-refractivity contribution in [2.75, 3.05) is 0 Å². The highest BCUT2D eigenvalue weighted by Gasteiger charge is 2.21. The van der Waals surface area contributed by atoms with Crippen molar-refractivity contribution in [3.05, 3.63) is 51.2 Å². The van der Waals surface area contributed by atoms with Crippen molar-refractivity contribution in [1.29, 1.82) is 0 Å². The molecule has 2 aromatic rings. The lowest BCUT2D eigenvalue weighted by molar-refractivity contribution is 0.640. The van der Waals surface area contributed by atoms with Gasteiger partial charge in [-0.1, -0.05) is 24.6 Å². The normalized spacial score (nSPS) is 14.3. The van der Waals surface area contributed by atoms with Crippen molar-refractivity contribution in [1.82, 2.24) is 0 Å². The third kappa shape index (κ3) is 3.99. The number of halogens is 1. The molecule has 102 valence electrons. The molecule has 0 aliphatic rings. The van der Waals surface area contributed by atoms with Crippen molar-refractivity contribution < 1.29 is 0 Å². The van der Waals surface area contributed by atoms with Gasteiger partial charge in [0.25, 0.3) is 0 Å². The molecule has 0 radical (unpaired) electrons. The highest BCUT2D eigenvalue weighted by atomic mass is 35.5. The zero-order valence-electron chi connectivity index (χ0n) is 11.1. The highest BCUT2D eigenvalue weighted by Crippen LogP contribution is 2.41. The average molecular weight is 312 g/mol. The summed E-state index contributed by atoms with van der Waals surface area (Å²) in [5.41, 5.74) is 6.30. The minimum Gasteiger partial charge on any atom is -0.326 e. The Labute approximate surface area is 128 Å². The summed E-state index contributed by atoms with van der Waals surface area (Å²) in [5.74, 6) is 0. The zero-order chi connectivity index (χ0) is 13.8. The van der Waals surface area contributed by atoms with E-state index in [4.69, 9.17) is 17.3 Å². The third-order valence-corrected chi connectivity index (χ3v) is 5.81. The first kappa shape index (κ1) is 14.9. The number of hydrogen-bond donors (Lipinski definition) is 1. The molecule has 0 aliphatic carbocycles. The Hall–Kier alpha value is -0.480. The van der Waals surface area contributed by atoms with Crippen molar-refractivity contribution in [3.8, 4) is 0 Å². The summed E-state index contributed by atoms with van der Waals surface area (Å²) < 4.78 is 0. The fourth-order valence-electron chi connectivity index (χ4n) is 1.86. The van der Waals surface area contributed by atoms with Crippen LogP contribution in [0.1, 0.15) is 28.3 Å². The fraction of sp³-hybridized carbons (Fsp3) is 0.333. The second kappa shape index (κ2) is 6.80. The number of hydrogen-bond acceptors (Lipinski definition) is 3. The van der Waals surface area contributed by atoms with Gasteiger partial charge < -0.3 is 5.73 Å². The van der Waals surface area contributed by atoms with Gasteiger partial charge in [0.2, 0.25) is 0 Å². The summed E-state index contributed by atoms with van der Waals surface area (Å²) >= 11 is 9.68. The summed E-state index contributed by atoms with van der Waals surface area (Å²) in [5, 5.41) is 1.07. The molecular weight excluding hydrogens is 294 g/mol. The van der Waals surface area contributed by atoms with Crippen LogP contribution in [0.25, 0.3) is 0 Å². The molecule has 2 rings (SSSR count). The molecule has 0 saturated carbocycles. The quantitative estimate of drug-likeness (QED) is 0.760. The van der Waals surface area contributed by atoms with E-state index in [1.54, 1.807) is 11.8 Å². The largest absolute Gasteiger partial charge is 0.326 e. The molecule has 0 amide bonds. The van der Waals surface area contributed by atoms with Gasteiger partial charge in [-0.15, -0.1) is 23.1 Å². The number of nitrogens with two attached hydrogens (primary N) is 1. The molecule has 0 fully saturated rings. The Morgan fingerprint density at radius 1 is 1.32 bits per heavy atom. The second-order valence-corrected chi connectivity index (χ2v) is 7.49. The molecule has 4 heteroatoms. The van der Waals surface area contributed by atoms with Crippen LogP contribution in [0.4, 0.5) is 0 Å². The van der Waals surface area contributed by atoms with Crippen LogP contribution in [-0.2, 0) is 0 Å². The van der Waals surface area contributed by atoms with Gasteiger partial charge in [-0.25, -0.2) is 0 Å². The van der Waals surface area contributed by atoms with E-state index in [1.807, 2.05) is 29.5 Å². The van der Waals surface area contributed by atoms with Crippen LogP contribution in [0.15, 0.2) is 41.3 Å². The molecule has 19 heavy (non-hydrogen) atoms.